The molecule has 2 aromatic rings. The van der Waals surface area contributed by atoms with Crippen LogP contribution in [0.1, 0.15) is 41.8 Å². The maximum atomic E-state index is 12.1. The molecule has 0 unspecified atom stereocenters. The zero-order valence-electron chi connectivity index (χ0n) is 10.6. The van der Waals surface area contributed by atoms with E-state index in [4.69, 9.17) is 0 Å². The Balaban J connectivity index is 2.05. The minimum Gasteiger partial charge on any atom is -0.334 e. The number of hydrogen-bond acceptors (Lipinski definition) is 4. The Bertz CT molecular complexity index is 515. The summed E-state index contributed by atoms with van der Waals surface area (Å²) in [4.78, 5) is 17.8. The summed E-state index contributed by atoms with van der Waals surface area (Å²) >= 11 is 0. The molecule has 0 bridgehead atoms. The lowest BCUT2D eigenvalue weighted by Gasteiger charge is -2.13. The Kier molecular flexibility index (Phi) is 3.40. The predicted octanol–water partition coefficient (Wildman–Crippen LogP) is 0.923. The van der Waals surface area contributed by atoms with Gasteiger partial charge in [0.05, 0.1) is 6.20 Å². The van der Waals surface area contributed by atoms with Gasteiger partial charge in [-0.15, -0.1) is 5.10 Å². The molecule has 0 atom stereocenters. The number of carbonyl (C=O) groups is 1. The molecule has 0 spiro atoms. The molecule has 0 aliphatic heterocycles. The van der Waals surface area contributed by atoms with E-state index in [2.05, 4.69) is 25.4 Å². The van der Waals surface area contributed by atoms with E-state index in [1.165, 1.54) is 0 Å². The fourth-order valence-electron chi connectivity index (χ4n) is 1.51. The summed E-state index contributed by atoms with van der Waals surface area (Å²) in [6, 6.07) is 0. The Morgan fingerprint density at radius 2 is 2.28 bits per heavy atom. The largest absolute Gasteiger partial charge is 0.334 e. The van der Waals surface area contributed by atoms with E-state index in [0.717, 1.165) is 11.4 Å². The van der Waals surface area contributed by atoms with Gasteiger partial charge in [0.15, 0.2) is 0 Å². The van der Waals surface area contributed by atoms with Crippen molar-refractivity contribution in [1.29, 1.82) is 0 Å². The van der Waals surface area contributed by atoms with E-state index in [0.29, 0.717) is 6.54 Å². The SMILES string of the molecule is CC(C)c1nc(C(=O)N(C)Cc2cn[nH]c2)n[nH]1. The van der Waals surface area contributed by atoms with Gasteiger partial charge in [0.25, 0.3) is 5.91 Å². The average molecular weight is 248 g/mol. The molecule has 96 valence electrons. The second-order valence-electron chi connectivity index (χ2n) is 4.47. The van der Waals surface area contributed by atoms with Gasteiger partial charge in [0.2, 0.25) is 5.82 Å². The first-order valence-electron chi connectivity index (χ1n) is 5.73. The quantitative estimate of drug-likeness (QED) is 0.841. The van der Waals surface area contributed by atoms with E-state index >= 15 is 0 Å². The Morgan fingerprint density at radius 3 is 2.83 bits per heavy atom. The summed E-state index contributed by atoms with van der Waals surface area (Å²) in [6.45, 7) is 4.45. The summed E-state index contributed by atoms with van der Waals surface area (Å²) in [7, 11) is 1.71. The lowest BCUT2D eigenvalue weighted by atomic mass is 10.2. The van der Waals surface area contributed by atoms with Gasteiger partial charge in [-0.25, -0.2) is 4.98 Å². The summed E-state index contributed by atoms with van der Waals surface area (Å²) in [6.07, 6.45) is 3.43. The van der Waals surface area contributed by atoms with Crippen LogP contribution in [0.25, 0.3) is 0 Å². The molecule has 0 fully saturated rings. The standard InChI is InChI=1S/C11H16N6O/c1-7(2)9-14-10(16-15-9)11(18)17(3)6-8-4-12-13-5-8/h4-5,7H,6H2,1-3H3,(H,12,13)(H,14,15,16). The summed E-state index contributed by atoms with van der Waals surface area (Å²) in [5.41, 5.74) is 0.936. The first-order chi connectivity index (χ1) is 8.58. The number of nitrogens with zero attached hydrogens (tertiary/aromatic N) is 4. The number of aromatic nitrogens is 5. The van der Waals surface area contributed by atoms with Crippen molar-refractivity contribution in [2.24, 2.45) is 0 Å². The maximum absolute atomic E-state index is 12.1. The van der Waals surface area contributed by atoms with Crippen LogP contribution in [-0.4, -0.2) is 43.2 Å². The van der Waals surface area contributed by atoms with Crippen molar-refractivity contribution in [2.45, 2.75) is 26.3 Å². The summed E-state index contributed by atoms with van der Waals surface area (Å²) in [5, 5.41) is 13.3. The highest BCUT2D eigenvalue weighted by Crippen LogP contribution is 2.09. The molecular formula is C11H16N6O. The third-order valence-corrected chi connectivity index (χ3v) is 2.56. The van der Waals surface area contributed by atoms with E-state index in [1.54, 1.807) is 24.3 Å². The minimum atomic E-state index is -0.209. The molecule has 7 heteroatoms. The van der Waals surface area contributed by atoms with Crippen LogP contribution in [0.15, 0.2) is 12.4 Å². The van der Waals surface area contributed by atoms with E-state index < -0.39 is 0 Å². The Morgan fingerprint density at radius 1 is 1.50 bits per heavy atom. The van der Waals surface area contributed by atoms with Gasteiger partial charge in [-0.1, -0.05) is 13.8 Å². The third kappa shape index (κ3) is 2.55. The highest BCUT2D eigenvalue weighted by molar-refractivity contribution is 5.90. The van der Waals surface area contributed by atoms with Crippen LogP contribution < -0.4 is 0 Å². The number of H-pyrrole nitrogens is 2. The van der Waals surface area contributed by atoms with Crippen LogP contribution in [0.3, 0.4) is 0 Å². The molecule has 0 saturated heterocycles. The van der Waals surface area contributed by atoms with Crippen LogP contribution in [0.4, 0.5) is 0 Å². The zero-order chi connectivity index (χ0) is 13.1. The normalized spacial score (nSPS) is 10.9. The number of nitrogens with one attached hydrogen (secondary N) is 2. The van der Waals surface area contributed by atoms with Crippen LogP contribution in [-0.2, 0) is 6.54 Å². The fraction of sp³-hybridized carbons (Fsp3) is 0.455. The third-order valence-electron chi connectivity index (χ3n) is 2.56. The molecule has 2 aromatic heterocycles. The van der Waals surface area contributed by atoms with Crippen molar-refractivity contribution >= 4 is 5.91 Å². The number of rotatable bonds is 4. The molecule has 2 rings (SSSR count). The lowest BCUT2D eigenvalue weighted by Crippen LogP contribution is -2.27. The Labute approximate surface area is 105 Å². The molecule has 0 aliphatic carbocycles. The van der Waals surface area contributed by atoms with Crippen molar-refractivity contribution in [3.8, 4) is 0 Å². The molecule has 2 heterocycles. The molecular weight excluding hydrogens is 232 g/mol. The first-order valence-corrected chi connectivity index (χ1v) is 5.73. The van der Waals surface area contributed by atoms with E-state index in [-0.39, 0.29) is 17.6 Å². The number of hydrogen-bond donors (Lipinski definition) is 2. The van der Waals surface area contributed by atoms with E-state index in [1.807, 2.05) is 13.8 Å². The second-order valence-corrected chi connectivity index (χ2v) is 4.47. The molecule has 7 nitrogen and oxygen atoms in total. The van der Waals surface area contributed by atoms with Crippen molar-refractivity contribution in [3.63, 3.8) is 0 Å². The highest BCUT2D eigenvalue weighted by Gasteiger charge is 2.18. The summed E-state index contributed by atoms with van der Waals surface area (Å²) < 4.78 is 0. The van der Waals surface area contributed by atoms with Crippen LogP contribution in [0.2, 0.25) is 0 Å². The zero-order valence-corrected chi connectivity index (χ0v) is 10.6. The van der Waals surface area contributed by atoms with Crippen LogP contribution in [0, 0.1) is 0 Å². The molecule has 0 radical (unpaired) electrons. The first kappa shape index (κ1) is 12.3. The monoisotopic (exact) mass is 248 g/mol. The Hall–Kier alpha value is -2.18. The number of carbonyl (C=O) groups excluding carboxylic acids is 1. The van der Waals surface area contributed by atoms with Crippen molar-refractivity contribution in [2.75, 3.05) is 7.05 Å². The number of aromatic amines is 2. The lowest BCUT2D eigenvalue weighted by molar-refractivity contribution is 0.0773. The van der Waals surface area contributed by atoms with Crippen molar-refractivity contribution in [3.05, 3.63) is 29.6 Å². The van der Waals surface area contributed by atoms with Gasteiger partial charge in [0, 0.05) is 31.3 Å². The minimum absolute atomic E-state index is 0.199. The second kappa shape index (κ2) is 4.99. The molecule has 0 aromatic carbocycles. The molecule has 2 N–H and O–H groups in total. The molecule has 18 heavy (non-hydrogen) atoms. The molecule has 0 saturated carbocycles. The molecule has 0 aliphatic rings. The number of amides is 1. The van der Waals surface area contributed by atoms with Gasteiger partial charge in [0.1, 0.15) is 5.82 Å². The van der Waals surface area contributed by atoms with Crippen molar-refractivity contribution < 1.29 is 4.79 Å². The van der Waals surface area contributed by atoms with Crippen LogP contribution in [0.5, 0.6) is 0 Å². The predicted molar refractivity (Wildman–Crippen MR) is 64.9 cm³/mol. The van der Waals surface area contributed by atoms with Crippen LogP contribution >= 0.6 is 0 Å². The average Bonchev–Trinajstić information content (AvgIpc) is 2.98. The van der Waals surface area contributed by atoms with Gasteiger partial charge in [-0.05, 0) is 0 Å². The fourth-order valence-corrected chi connectivity index (χ4v) is 1.51. The molecule has 1 amide bonds. The highest BCUT2D eigenvalue weighted by atomic mass is 16.2. The van der Waals surface area contributed by atoms with Gasteiger partial charge in [-0.3, -0.25) is 15.0 Å². The topological polar surface area (TPSA) is 90.6 Å². The van der Waals surface area contributed by atoms with Gasteiger partial charge < -0.3 is 4.90 Å². The summed E-state index contributed by atoms with van der Waals surface area (Å²) in [5.74, 6) is 0.928. The van der Waals surface area contributed by atoms with Gasteiger partial charge >= 0.3 is 0 Å². The smallest absolute Gasteiger partial charge is 0.293 e. The maximum Gasteiger partial charge on any atom is 0.293 e. The van der Waals surface area contributed by atoms with Crippen molar-refractivity contribution in [1.82, 2.24) is 30.3 Å². The van der Waals surface area contributed by atoms with Gasteiger partial charge in [-0.2, -0.15) is 5.10 Å². The van der Waals surface area contributed by atoms with E-state index in [9.17, 15) is 4.79 Å².